The van der Waals surface area contributed by atoms with Gasteiger partial charge in [-0.05, 0) is 32.6 Å². The Kier molecular flexibility index (Phi) is 4.72. The van der Waals surface area contributed by atoms with Crippen molar-refractivity contribution in [2.45, 2.75) is 32.7 Å². The van der Waals surface area contributed by atoms with Crippen LogP contribution in [-0.2, 0) is 0 Å². The van der Waals surface area contributed by atoms with Crippen LogP contribution in [0, 0.1) is 19.8 Å². The monoisotopic (exact) mass is 350 g/mol. The van der Waals surface area contributed by atoms with Crippen LogP contribution in [-0.4, -0.2) is 34.4 Å². The molecule has 2 aromatic rings. The first kappa shape index (κ1) is 16.1. The molecule has 2 heterocycles. The Morgan fingerprint density at radius 3 is 2.17 bits per heavy atom. The van der Waals surface area contributed by atoms with Crippen LogP contribution in [0.5, 0.6) is 0 Å². The molecule has 6 nitrogen and oxygen atoms in total. The second kappa shape index (κ2) is 6.76. The maximum absolute atomic E-state index is 12.3. The number of rotatable bonds is 6. The van der Waals surface area contributed by atoms with Gasteiger partial charge in [-0.3, -0.25) is 9.59 Å². The van der Waals surface area contributed by atoms with Crippen molar-refractivity contribution >= 4 is 34.5 Å². The molecular formula is C15H18N4O2S2. The summed E-state index contributed by atoms with van der Waals surface area (Å²) >= 11 is 2.74. The lowest BCUT2D eigenvalue weighted by Crippen LogP contribution is -2.44. The molecule has 0 aliphatic heterocycles. The van der Waals surface area contributed by atoms with Gasteiger partial charge in [-0.1, -0.05) is 0 Å². The van der Waals surface area contributed by atoms with E-state index in [1.807, 2.05) is 13.8 Å². The molecule has 1 aliphatic rings. The highest BCUT2D eigenvalue weighted by Gasteiger charge is 2.33. The molecule has 3 rings (SSSR count). The third-order valence-electron chi connectivity index (χ3n) is 3.68. The second-order valence-electron chi connectivity index (χ2n) is 5.61. The van der Waals surface area contributed by atoms with Gasteiger partial charge in [-0.25, -0.2) is 9.97 Å². The molecule has 0 radical (unpaired) electrons. The molecule has 2 aromatic heterocycles. The summed E-state index contributed by atoms with van der Waals surface area (Å²) in [4.78, 5) is 33.8. The average molecular weight is 350 g/mol. The molecule has 0 bridgehead atoms. The number of amides is 2. The number of nitrogens with zero attached hydrogens (tertiary/aromatic N) is 2. The predicted octanol–water partition coefficient (Wildman–Crippen LogP) is 2.15. The maximum Gasteiger partial charge on any atom is 0.263 e. The van der Waals surface area contributed by atoms with E-state index in [9.17, 15) is 9.59 Å². The lowest BCUT2D eigenvalue weighted by atomic mass is 10.2. The number of hydrogen-bond acceptors (Lipinski definition) is 6. The first-order valence-corrected chi connectivity index (χ1v) is 9.10. The fourth-order valence-corrected chi connectivity index (χ4v) is 3.67. The Labute approximate surface area is 142 Å². The molecule has 0 aromatic carbocycles. The minimum absolute atomic E-state index is 0.0390. The maximum atomic E-state index is 12.3. The van der Waals surface area contributed by atoms with Gasteiger partial charge in [0, 0.05) is 12.6 Å². The lowest BCUT2D eigenvalue weighted by molar-refractivity contribution is 0.0907. The van der Waals surface area contributed by atoms with Gasteiger partial charge in [0.15, 0.2) is 0 Å². The van der Waals surface area contributed by atoms with E-state index in [1.165, 1.54) is 22.7 Å². The molecule has 0 spiro atoms. The first-order chi connectivity index (χ1) is 11.0. The van der Waals surface area contributed by atoms with Crippen LogP contribution < -0.4 is 10.6 Å². The molecule has 2 N–H and O–H groups in total. The van der Waals surface area contributed by atoms with Crippen LogP contribution in [0.25, 0.3) is 0 Å². The number of nitrogens with one attached hydrogen (secondary N) is 2. The van der Waals surface area contributed by atoms with Gasteiger partial charge in [0.2, 0.25) is 0 Å². The van der Waals surface area contributed by atoms with Gasteiger partial charge >= 0.3 is 0 Å². The standard InChI is InChI=1S/C15H18N4O2S2/c1-8-16-6-12(22-8)14(20)18-5-11(10-3-4-10)19-15(21)13-7-17-9(2)23-13/h6-7,10-11H,3-5H2,1-2H3,(H,18,20)(H,19,21). The van der Waals surface area contributed by atoms with E-state index in [2.05, 4.69) is 20.6 Å². The number of thiazole rings is 2. The van der Waals surface area contributed by atoms with Gasteiger partial charge in [0.05, 0.1) is 22.4 Å². The number of aryl methyl sites for hydroxylation is 2. The van der Waals surface area contributed by atoms with E-state index in [0.29, 0.717) is 22.2 Å². The molecule has 1 aliphatic carbocycles. The molecule has 23 heavy (non-hydrogen) atoms. The quantitative estimate of drug-likeness (QED) is 0.836. The summed E-state index contributed by atoms with van der Waals surface area (Å²) in [6, 6.07) is -0.0390. The summed E-state index contributed by atoms with van der Waals surface area (Å²) in [5.41, 5.74) is 0. The van der Waals surface area contributed by atoms with Crippen molar-refractivity contribution in [2.75, 3.05) is 6.54 Å². The Balaban J connectivity index is 1.57. The van der Waals surface area contributed by atoms with Crippen molar-refractivity contribution in [3.8, 4) is 0 Å². The third kappa shape index (κ3) is 4.14. The Morgan fingerprint density at radius 1 is 1.13 bits per heavy atom. The second-order valence-corrected chi connectivity index (χ2v) is 8.08. The van der Waals surface area contributed by atoms with E-state index < -0.39 is 0 Å². The van der Waals surface area contributed by atoms with Crippen LogP contribution in [0.2, 0.25) is 0 Å². The molecule has 0 saturated heterocycles. The van der Waals surface area contributed by atoms with Crippen molar-refractivity contribution in [3.63, 3.8) is 0 Å². The highest BCUT2D eigenvalue weighted by atomic mass is 32.1. The SMILES string of the molecule is Cc1ncc(C(=O)NCC(NC(=O)c2cnc(C)s2)C2CC2)s1. The van der Waals surface area contributed by atoms with Crippen LogP contribution in [0.3, 0.4) is 0 Å². The highest BCUT2D eigenvalue weighted by molar-refractivity contribution is 7.13. The van der Waals surface area contributed by atoms with Crippen LogP contribution in [0.1, 0.15) is 42.2 Å². The van der Waals surface area contributed by atoms with Gasteiger partial charge in [-0.2, -0.15) is 0 Å². The largest absolute Gasteiger partial charge is 0.349 e. The zero-order chi connectivity index (χ0) is 16.4. The Hall–Kier alpha value is -1.80. The lowest BCUT2D eigenvalue weighted by Gasteiger charge is -2.18. The van der Waals surface area contributed by atoms with E-state index >= 15 is 0 Å². The average Bonchev–Trinajstić information content (AvgIpc) is 3.13. The van der Waals surface area contributed by atoms with Crippen molar-refractivity contribution in [3.05, 3.63) is 32.2 Å². The van der Waals surface area contributed by atoms with E-state index in [1.54, 1.807) is 12.4 Å². The van der Waals surface area contributed by atoms with Crippen molar-refractivity contribution < 1.29 is 9.59 Å². The summed E-state index contributed by atoms with van der Waals surface area (Å²) in [6.07, 6.45) is 5.35. The fraction of sp³-hybridized carbons (Fsp3) is 0.467. The third-order valence-corrected chi connectivity index (χ3v) is 5.50. The van der Waals surface area contributed by atoms with E-state index in [0.717, 1.165) is 22.9 Å². The first-order valence-electron chi connectivity index (χ1n) is 7.47. The molecule has 2 amide bonds. The van der Waals surface area contributed by atoms with E-state index in [4.69, 9.17) is 0 Å². The molecule has 1 atom stereocenters. The summed E-state index contributed by atoms with van der Waals surface area (Å²) in [6.45, 7) is 4.17. The molecule has 1 saturated carbocycles. The van der Waals surface area contributed by atoms with Crippen molar-refractivity contribution in [1.82, 2.24) is 20.6 Å². The smallest absolute Gasteiger partial charge is 0.263 e. The topological polar surface area (TPSA) is 84.0 Å². The number of carbonyl (C=O) groups is 2. The zero-order valence-electron chi connectivity index (χ0n) is 13.0. The van der Waals surface area contributed by atoms with Gasteiger partial charge in [0.25, 0.3) is 11.8 Å². The van der Waals surface area contributed by atoms with Gasteiger partial charge in [0.1, 0.15) is 9.75 Å². The van der Waals surface area contributed by atoms with Crippen LogP contribution >= 0.6 is 22.7 Å². The number of aromatic nitrogens is 2. The minimum atomic E-state index is -0.135. The summed E-state index contributed by atoms with van der Waals surface area (Å²) in [7, 11) is 0. The summed E-state index contributed by atoms with van der Waals surface area (Å²) in [5, 5.41) is 7.66. The summed E-state index contributed by atoms with van der Waals surface area (Å²) < 4.78 is 0. The van der Waals surface area contributed by atoms with Crippen molar-refractivity contribution in [1.29, 1.82) is 0 Å². The van der Waals surface area contributed by atoms with Gasteiger partial charge in [-0.15, -0.1) is 22.7 Å². The zero-order valence-corrected chi connectivity index (χ0v) is 14.6. The summed E-state index contributed by atoms with van der Waals surface area (Å²) in [5.74, 6) is 0.191. The Morgan fingerprint density at radius 2 is 1.70 bits per heavy atom. The fourth-order valence-electron chi connectivity index (χ4n) is 2.30. The number of carbonyl (C=O) groups excluding carboxylic acids is 2. The van der Waals surface area contributed by atoms with Crippen molar-refractivity contribution in [2.24, 2.45) is 5.92 Å². The minimum Gasteiger partial charge on any atom is -0.349 e. The molecular weight excluding hydrogens is 332 g/mol. The normalized spacial score (nSPS) is 15.2. The Bertz CT molecular complexity index is 721. The predicted molar refractivity (Wildman–Crippen MR) is 90.0 cm³/mol. The molecule has 122 valence electrons. The van der Waals surface area contributed by atoms with Crippen LogP contribution in [0.4, 0.5) is 0 Å². The van der Waals surface area contributed by atoms with Gasteiger partial charge < -0.3 is 10.6 Å². The number of hydrogen-bond donors (Lipinski definition) is 2. The highest BCUT2D eigenvalue weighted by Crippen LogP contribution is 2.32. The van der Waals surface area contributed by atoms with Crippen LogP contribution in [0.15, 0.2) is 12.4 Å². The molecule has 1 fully saturated rings. The molecule has 1 unspecified atom stereocenters. The molecule has 8 heteroatoms. The van der Waals surface area contributed by atoms with E-state index in [-0.39, 0.29) is 17.9 Å².